The zero-order valence-corrected chi connectivity index (χ0v) is 10.6. The number of carbonyl (C=O) groups excluding carboxylic acids is 1. The smallest absolute Gasteiger partial charge is 0.252 e. The summed E-state index contributed by atoms with van der Waals surface area (Å²) in [7, 11) is 0. The molecule has 0 spiro atoms. The second-order valence-electron chi connectivity index (χ2n) is 5.22. The van der Waals surface area contributed by atoms with E-state index in [1.54, 1.807) is 23.1 Å². The van der Waals surface area contributed by atoms with Crippen molar-refractivity contribution in [3.05, 3.63) is 18.2 Å². The lowest BCUT2D eigenvalue weighted by atomic mass is 9.97. The molecule has 92 valence electrons. The Morgan fingerprint density at radius 1 is 1.35 bits per heavy atom. The average Bonchev–Trinajstić information content (AvgIpc) is 2.19. The van der Waals surface area contributed by atoms with Crippen molar-refractivity contribution in [3.63, 3.8) is 0 Å². The quantitative estimate of drug-likeness (QED) is 0.784. The van der Waals surface area contributed by atoms with E-state index in [0.717, 1.165) is 11.4 Å². The van der Waals surface area contributed by atoms with Crippen LogP contribution in [0.5, 0.6) is 5.75 Å². The number of fused-ring (bicyclic) bond motifs is 1. The van der Waals surface area contributed by atoms with Crippen molar-refractivity contribution in [3.8, 4) is 5.75 Å². The largest absolute Gasteiger partial charge is 0.508 e. The molecule has 1 aliphatic heterocycles. The Hall–Kier alpha value is -1.71. The van der Waals surface area contributed by atoms with Crippen molar-refractivity contribution >= 4 is 17.3 Å². The van der Waals surface area contributed by atoms with Gasteiger partial charge >= 0.3 is 0 Å². The molecule has 0 unspecified atom stereocenters. The molecule has 2 N–H and O–H groups in total. The highest BCUT2D eigenvalue weighted by atomic mass is 16.3. The Bertz CT molecular complexity index is 466. The van der Waals surface area contributed by atoms with Gasteiger partial charge in [0.1, 0.15) is 11.3 Å². The monoisotopic (exact) mass is 234 g/mol. The number of rotatable bonds is 1. The van der Waals surface area contributed by atoms with Gasteiger partial charge in [0.2, 0.25) is 0 Å². The first-order valence-electron chi connectivity index (χ1n) is 5.78. The number of benzene rings is 1. The predicted octanol–water partition coefficient (Wildman–Crippen LogP) is 2.34. The van der Waals surface area contributed by atoms with Gasteiger partial charge in [0, 0.05) is 12.1 Å². The first-order valence-corrected chi connectivity index (χ1v) is 5.78. The van der Waals surface area contributed by atoms with Crippen LogP contribution in [0, 0.1) is 0 Å². The highest BCUT2D eigenvalue weighted by molar-refractivity contribution is 6.07. The first-order chi connectivity index (χ1) is 7.83. The number of hydrogen-bond donors (Lipinski definition) is 2. The van der Waals surface area contributed by atoms with E-state index in [9.17, 15) is 9.90 Å². The van der Waals surface area contributed by atoms with Crippen molar-refractivity contribution in [2.75, 3.05) is 10.2 Å². The predicted molar refractivity (Wildman–Crippen MR) is 68.4 cm³/mol. The molecular formula is C13H18N2O2. The van der Waals surface area contributed by atoms with Gasteiger partial charge in [-0.25, -0.2) is 0 Å². The van der Waals surface area contributed by atoms with Crippen LogP contribution >= 0.6 is 0 Å². The van der Waals surface area contributed by atoms with Crippen molar-refractivity contribution in [2.45, 2.75) is 39.3 Å². The summed E-state index contributed by atoms with van der Waals surface area (Å²) in [6.07, 6.45) is 0. The van der Waals surface area contributed by atoms with Gasteiger partial charge in [-0.15, -0.1) is 0 Å². The summed E-state index contributed by atoms with van der Waals surface area (Å²) in [4.78, 5) is 14.1. The van der Waals surface area contributed by atoms with E-state index in [2.05, 4.69) is 5.32 Å². The molecule has 0 saturated heterocycles. The fourth-order valence-corrected chi connectivity index (χ4v) is 2.15. The van der Waals surface area contributed by atoms with Crippen molar-refractivity contribution in [1.82, 2.24) is 0 Å². The van der Waals surface area contributed by atoms with Gasteiger partial charge in [-0.2, -0.15) is 0 Å². The minimum atomic E-state index is -0.648. The molecule has 0 radical (unpaired) electrons. The molecule has 1 aliphatic rings. The molecule has 0 bridgehead atoms. The maximum atomic E-state index is 12.3. The highest BCUT2D eigenvalue weighted by Gasteiger charge is 2.39. The normalized spacial score (nSPS) is 17.9. The third-order valence-corrected chi connectivity index (χ3v) is 2.96. The molecule has 17 heavy (non-hydrogen) atoms. The van der Waals surface area contributed by atoms with Gasteiger partial charge < -0.3 is 15.3 Å². The van der Waals surface area contributed by atoms with E-state index in [1.807, 2.05) is 27.7 Å². The third-order valence-electron chi connectivity index (χ3n) is 2.96. The Labute approximate surface area is 101 Å². The third kappa shape index (κ3) is 1.84. The Kier molecular flexibility index (Phi) is 2.53. The minimum absolute atomic E-state index is 0.0469. The van der Waals surface area contributed by atoms with Crippen LogP contribution in [0.4, 0.5) is 11.4 Å². The van der Waals surface area contributed by atoms with Crippen LogP contribution in [0.1, 0.15) is 27.7 Å². The zero-order valence-electron chi connectivity index (χ0n) is 10.6. The molecule has 1 heterocycles. The van der Waals surface area contributed by atoms with Gasteiger partial charge in [0.15, 0.2) is 0 Å². The lowest BCUT2D eigenvalue weighted by Crippen LogP contribution is -2.56. The Balaban J connectivity index is 2.58. The molecule has 0 fully saturated rings. The summed E-state index contributed by atoms with van der Waals surface area (Å²) >= 11 is 0. The molecule has 4 heteroatoms. The number of phenolic OH excluding ortho intramolecular Hbond substituents is 1. The number of aromatic hydroxyl groups is 1. The molecular weight excluding hydrogens is 216 g/mol. The van der Waals surface area contributed by atoms with E-state index in [0.29, 0.717) is 0 Å². The number of nitrogens with zero attached hydrogens (tertiary/aromatic N) is 1. The Morgan fingerprint density at radius 3 is 2.59 bits per heavy atom. The molecule has 0 atom stereocenters. The van der Waals surface area contributed by atoms with E-state index < -0.39 is 5.54 Å². The van der Waals surface area contributed by atoms with Crippen LogP contribution in [0.3, 0.4) is 0 Å². The number of carbonyl (C=O) groups is 1. The molecule has 2 rings (SSSR count). The van der Waals surface area contributed by atoms with Crippen LogP contribution in [-0.2, 0) is 4.79 Å². The van der Waals surface area contributed by atoms with Gasteiger partial charge in [-0.3, -0.25) is 4.79 Å². The van der Waals surface area contributed by atoms with Crippen LogP contribution in [0.15, 0.2) is 18.2 Å². The molecule has 1 aromatic rings. The fraction of sp³-hybridized carbons (Fsp3) is 0.462. The fourth-order valence-electron chi connectivity index (χ4n) is 2.15. The standard InChI is InChI=1S/C13H18N2O2/c1-8(2)15-11-6-5-9(16)7-10(11)14-13(3,4)12(15)17/h5-8,14,16H,1-4H3. The van der Waals surface area contributed by atoms with Gasteiger partial charge in [0.25, 0.3) is 5.91 Å². The van der Waals surface area contributed by atoms with Crippen LogP contribution in [-0.4, -0.2) is 22.6 Å². The SMILES string of the molecule is CC(C)N1C(=O)C(C)(C)Nc2cc(O)ccc21. The Morgan fingerprint density at radius 2 is 2.00 bits per heavy atom. The first kappa shape index (κ1) is 11.8. The van der Waals surface area contributed by atoms with Gasteiger partial charge in [-0.1, -0.05) is 0 Å². The van der Waals surface area contributed by atoms with Gasteiger partial charge in [0.05, 0.1) is 11.4 Å². The number of anilines is 2. The van der Waals surface area contributed by atoms with E-state index in [-0.39, 0.29) is 17.7 Å². The van der Waals surface area contributed by atoms with Crippen molar-refractivity contribution in [1.29, 1.82) is 0 Å². The summed E-state index contributed by atoms with van der Waals surface area (Å²) in [6, 6.07) is 5.11. The molecule has 0 saturated carbocycles. The number of phenols is 1. The average molecular weight is 234 g/mol. The molecule has 0 aromatic heterocycles. The zero-order chi connectivity index (χ0) is 12.8. The molecule has 0 aliphatic carbocycles. The molecule has 4 nitrogen and oxygen atoms in total. The number of nitrogens with one attached hydrogen (secondary N) is 1. The van der Waals surface area contributed by atoms with Gasteiger partial charge in [-0.05, 0) is 39.8 Å². The molecule has 1 amide bonds. The minimum Gasteiger partial charge on any atom is -0.508 e. The van der Waals surface area contributed by atoms with E-state index in [1.165, 1.54) is 0 Å². The van der Waals surface area contributed by atoms with E-state index in [4.69, 9.17) is 0 Å². The summed E-state index contributed by atoms with van der Waals surface area (Å²) in [5, 5.41) is 12.7. The molecule has 1 aromatic carbocycles. The number of amides is 1. The summed E-state index contributed by atoms with van der Waals surface area (Å²) < 4.78 is 0. The summed E-state index contributed by atoms with van der Waals surface area (Å²) in [5.74, 6) is 0.246. The van der Waals surface area contributed by atoms with Crippen LogP contribution in [0.25, 0.3) is 0 Å². The van der Waals surface area contributed by atoms with Crippen LogP contribution in [0.2, 0.25) is 0 Å². The van der Waals surface area contributed by atoms with Crippen molar-refractivity contribution in [2.24, 2.45) is 0 Å². The highest BCUT2D eigenvalue weighted by Crippen LogP contribution is 2.38. The second kappa shape index (κ2) is 3.65. The second-order valence-corrected chi connectivity index (χ2v) is 5.22. The van der Waals surface area contributed by atoms with Crippen LogP contribution < -0.4 is 10.2 Å². The topological polar surface area (TPSA) is 52.6 Å². The maximum Gasteiger partial charge on any atom is 0.252 e. The lowest BCUT2D eigenvalue weighted by Gasteiger charge is -2.41. The maximum absolute atomic E-state index is 12.3. The summed E-state index contributed by atoms with van der Waals surface area (Å²) in [6.45, 7) is 7.65. The van der Waals surface area contributed by atoms with Crippen molar-refractivity contribution < 1.29 is 9.90 Å². The lowest BCUT2D eigenvalue weighted by molar-refractivity contribution is -0.122. The summed E-state index contributed by atoms with van der Waals surface area (Å²) in [5.41, 5.74) is 0.968. The van der Waals surface area contributed by atoms with E-state index >= 15 is 0 Å². The number of hydrogen-bond acceptors (Lipinski definition) is 3.